The van der Waals surface area contributed by atoms with E-state index in [1.54, 1.807) is 11.8 Å². The average Bonchev–Trinajstić information content (AvgIpc) is 2.71. The Kier molecular flexibility index (Phi) is 2.31. The fourth-order valence-corrected chi connectivity index (χ4v) is 2.47. The van der Waals surface area contributed by atoms with Gasteiger partial charge in [-0.2, -0.15) is 5.10 Å². The number of hydrazone groups is 1. The summed E-state index contributed by atoms with van der Waals surface area (Å²) >= 11 is 1.79. The van der Waals surface area contributed by atoms with Gasteiger partial charge < -0.3 is 10.7 Å². The van der Waals surface area contributed by atoms with Crippen molar-refractivity contribution in [1.82, 2.24) is 10.7 Å². The van der Waals surface area contributed by atoms with Gasteiger partial charge in [-0.15, -0.1) is 11.8 Å². The first-order valence-corrected chi connectivity index (χ1v) is 5.27. The molecule has 2 aliphatic rings. The van der Waals surface area contributed by atoms with Crippen LogP contribution in [0.3, 0.4) is 0 Å². The Morgan fingerprint density at radius 1 is 1.77 bits per heavy atom. The van der Waals surface area contributed by atoms with Crippen LogP contribution in [0.1, 0.15) is 13.3 Å². The molecule has 0 spiro atoms. The largest absolute Gasteiger partial charge is 0.371 e. The molecular weight excluding hydrogens is 182 g/mol. The zero-order valence-electron chi connectivity index (χ0n) is 7.58. The van der Waals surface area contributed by atoms with Gasteiger partial charge in [-0.3, -0.25) is 0 Å². The van der Waals surface area contributed by atoms with Gasteiger partial charge in [-0.05, 0) is 18.4 Å². The summed E-state index contributed by atoms with van der Waals surface area (Å²) in [5.41, 5.74) is 5.42. The molecule has 0 saturated heterocycles. The Balaban J connectivity index is 1.89. The lowest BCUT2D eigenvalue weighted by Gasteiger charge is -2.18. The van der Waals surface area contributed by atoms with E-state index in [0.717, 1.165) is 12.1 Å². The molecule has 70 valence electrons. The van der Waals surface area contributed by atoms with Gasteiger partial charge in [0.15, 0.2) is 0 Å². The summed E-state index contributed by atoms with van der Waals surface area (Å²) in [6.45, 7) is 5.78. The molecule has 2 heterocycles. The zero-order valence-corrected chi connectivity index (χ0v) is 8.40. The third kappa shape index (κ3) is 1.72. The molecule has 4 heteroatoms. The van der Waals surface area contributed by atoms with Gasteiger partial charge in [0.2, 0.25) is 0 Å². The van der Waals surface area contributed by atoms with Crippen molar-refractivity contribution < 1.29 is 0 Å². The molecule has 13 heavy (non-hydrogen) atoms. The number of rotatable bonds is 2. The lowest BCUT2D eigenvalue weighted by atomic mass is 10.2. The van der Waals surface area contributed by atoms with Crippen LogP contribution in [0.15, 0.2) is 28.9 Å². The van der Waals surface area contributed by atoms with Crippen molar-refractivity contribution in [3.63, 3.8) is 0 Å². The molecule has 2 rings (SSSR count). The highest BCUT2D eigenvalue weighted by molar-refractivity contribution is 8.03. The third-order valence-electron chi connectivity index (χ3n) is 2.17. The van der Waals surface area contributed by atoms with Crippen molar-refractivity contribution in [3.8, 4) is 0 Å². The summed E-state index contributed by atoms with van der Waals surface area (Å²) in [7, 11) is 0. The molecule has 3 nitrogen and oxygen atoms in total. The molecule has 2 unspecified atom stereocenters. The van der Waals surface area contributed by atoms with E-state index in [1.807, 2.05) is 6.08 Å². The van der Waals surface area contributed by atoms with E-state index in [1.165, 1.54) is 5.71 Å². The summed E-state index contributed by atoms with van der Waals surface area (Å²) in [5.74, 6) is 0. The van der Waals surface area contributed by atoms with E-state index in [0.29, 0.717) is 11.4 Å². The van der Waals surface area contributed by atoms with Crippen molar-refractivity contribution in [1.29, 1.82) is 0 Å². The predicted octanol–water partition coefficient (Wildman–Crippen LogP) is 1.41. The SMILES string of the molecule is C=CC1=CSC(C2CC(C)=NN2)N1. The molecule has 2 N–H and O–H groups in total. The van der Waals surface area contributed by atoms with Crippen LogP contribution in [0.5, 0.6) is 0 Å². The van der Waals surface area contributed by atoms with E-state index in [4.69, 9.17) is 0 Å². The first-order chi connectivity index (χ1) is 6.29. The maximum atomic E-state index is 4.18. The summed E-state index contributed by atoms with van der Waals surface area (Å²) in [4.78, 5) is 0. The first kappa shape index (κ1) is 8.69. The Morgan fingerprint density at radius 3 is 3.15 bits per heavy atom. The molecule has 0 bridgehead atoms. The lowest BCUT2D eigenvalue weighted by molar-refractivity contribution is 0.530. The number of nitrogens with zero attached hydrogens (tertiary/aromatic N) is 1. The Morgan fingerprint density at radius 2 is 2.62 bits per heavy atom. The standard InChI is InChI=1S/C9H13N3S/c1-3-7-5-13-9(10-7)8-4-6(2)11-12-8/h3,5,8-10,12H,1,4H2,2H3. The fourth-order valence-electron chi connectivity index (χ4n) is 1.46. The minimum Gasteiger partial charge on any atom is -0.371 e. The molecule has 0 saturated carbocycles. The van der Waals surface area contributed by atoms with Crippen LogP contribution in [0, 0.1) is 0 Å². The van der Waals surface area contributed by atoms with Crippen molar-refractivity contribution in [2.24, 2.45) is 5.10 Å². The van der Waals surface area contributed by atoms with Gasteiger partial charge in [0.1, 0.15) is 0 Å². The fraction of sp³-hybridized carbons (Fsp3) is 0.444. The zero-order chi connectivity index (χ0) is 9.26. The quantitative estimate of drug-likeness (QED) is 0.699. The van der Waals surface area contributed by atoms with Crippen LogP contribution in [-0.4, -0.2) is 17.1 Å². The number of hydrogen-bond donors (Lipinski definition) is 2. The molecule has 0 radical (unpaired) electrons. The Labute approximate surface area is 82.4 Å². The van der Waals surface area contributed by atoms with Crippen LogP contribution < -0.4 is 10.7 Å². The average molecular weight is 195 g/mol. The van der Waals surface area contributed by atoms with E-state index < -0.39 is 0 Å². The second-order valence-electron chi connectivity index (χ2n) is 3.27. The monoisotopic (exact) mass is 195 g/mol. The molecule has 0 aromatic rings. The van der Waals surface area contributed by atoms with E-state index in [9.17, 15) is 0 Å². The van der Waals surface area contributed by atoms with Gasteiger partial charge >= 0.3 is 0 Å². The predicted molar refractivity (Wildman–Crippen MR) is 57.4 cm³/mol. The van der Waals surface area contributed by atoms with Crippen molar-refractivity contribution >= 4 is 17.5 Å². The van der Waals surface area contributed by atoms with E-state index in [-0.39, 0.29) is 0 Å². The van der Waals surface area contributed by atoms with Crippen LogP contribution >= 0.6 is 11.8 Å². The first-order valence-electron chi connectivity index (χ1n) is 4.33. The lowest BCUT2D eigenvalue weighted by Crippen LogP contribution is -2.39. The number of hydrogen-bond acceptors (Lipinski definition) is 4. The summed E-state index contributed by atoms with van der Waals surface area (Å²) < 4.78 is 0. The minimum atomic E-state index is 0.397. The molecule has 0 aromatic heterocycles. The number of allylic oxidation sites excluding steroid dienone is 1. The summed E-state index contributed by atoms with van der Waals surface area (Å²) in [5, 5.41) is 10.1. The highest BCUT2D eigenvalue weighted by atomic mass is 32.2. The second-order valence-corrected chi connectivity index (χ2v) is 4.28. The van der Waals surface area contributed by atoms with Crippen LogP contribution in [-0.2, 0) is 0 Å². The van der Waals surface area contributed by atoms with Crippen LogP contribution in [0.25, 0.3) is 0 Å². The van der Waals surface area contributed by atoms with Gasteiger partial charge in [-0.1, -0.05) is 6.58 Å². The molecular formula is C9H13N3S. The second kappa shape index (κ2) is 3.46. The van der Waals surface area contributed by atoms with Crippen molar-refractivity contribution in [3.05, 3.63) is 23.8 Å². The van der Waals surface area contributed by atoms with Crippen molar-refractivity contribution in [2.75, 3.05) is 0 Å². The van der Waals surface area contributed by atoms with E-state index >= 15 is 0 Å². The maximum absolute atomic E-state index is 4.18. The van der Waals surface area contributed by atoms with Crippen LogP contribution in [0.4, 0.5) is 0 Å². The molecule has 0 fully saturated rings. The maximum Gasteiger partial charge on any atom is 0.0987 e. The highest BCUT2D eigenvalue weighted by Gasteiger charge is 2.28. The third-order valence-corrected chi connectivity index (χ3v) is 3.30. The Bertz CT molecular complexity index is 283. The molecule has 0 aromatic carbocycles. The smallest absolute Gasteiger partial charge is 0.0987 e. The van der Waals surface area contributed by atoms with Gasteiger partial charge in [0, 0.05) is 17.8 Å². The van der Waals surface area contributed by atoms with Crippen molar-refractivity contribution in [2.45, 2.75) is 24.8 Å². The van der Waals surface area contributed by atoms with Gasteiger partial charge in [-0.25, -0.2) is 0 Å². The van der Waals surface area contributed by atoms with Gasteiger partial charge in [0.25, 0.3) is 0 Å². The highest BCUT2D eigenvalue weighted by Crippen LogP contribution is 2.26. The number of thioether (sulfide) groups is 1. The normalized spacial score (nSPS) is 31.8. The number of nitrogens with one attached hydrogen (secondary N) is 2. The van der Waals surface area contributed by atoms with Gasteiger partial charge in [0.05, 0.1) is 11.4 Å². The van der Waals surface area contributed by atoms with Crippen LogP contribution in [0.2, 0.25) is 0 Å². The molecule has 0 amide bonds. The topological polar surface area (TPSA) is 36.4 Å². The summed E-state index contributed by atoms with van der Waals surface area (Å²) in [6, 6.07) is 0.415. The molecule has 2 atom stereocenters. The molecule has 2 aliphatic heterocycles. The molecule has 0 aliphatic carbocycles. The van der Waals surface area contributed by atoms with E-state index in [2.05, 4.69) is 34.8 Å². The summed E-state index contributed by atoms with van der Waals surface area (Å²) in [6.07, 6.45) is 2.87. The Hall–Kier alpha value is -0.900. The minimum absolute atomic E-state index is 0.397.